The van der Waals surface area contributed by atoms with Gasteiger partial charge in [0.2, 0.25) is 0 Å². The highest BCUT2D eigenvalue weighted by atomic mass is 79.9. The maximum atomic E-state index is 6.25. The lowest BCUT2D eigenvalue weighted by Crippen LogP contribution is -2.23. The van der Waals surface area contributed by atoms with Gasteiger partial charge in [-0.3, -0.25) is 0 Å². The van der Waals surface area contributed by atoms with Crippen molar-refractivity contribution in [2.45, 2.75) is 32.6 Å². The zero-order valence-corrected chi connectivity index (χ0v) is 18.4. The molecule has 2 aromatic rings. The lowest BCUT2D eigenvalue weighted by Gasteiger charge is -2.33. The molecule has 0 radical (unpaired) electrons. The van der Waals surface area contributed by atoms with Crippen LogP contribution in [0.1, 0.15) is 31.7 Å². The average molecular weight is 487 g/mol. The molecule has 27 heavy (non-hydrogen) atoms. The van der Waals surface area contributed by atoms with Gasteiger partial charge < -0.3 is 9.64 Å². The van der Waals surface area contributed by atoms with Crippen molar-refractivity contribution in [3.8, 4) is 5.75 Å². The van der Waals surface area contributed by atoms with E-state index in [1.54, 1.807) is 0 Å². The Kier molecular flexibility index (Phi) is 5.55. The van der Waals surface area contributed by atoms with Crippen molar-refractivity contribution in [3.63, 3.8) is 0 Å². The third-order valence-corrected chi connectivity index (χ3v) is 5.81. The molecule has 0 spiro atoms. The Morgan fingerprint density at radius 3 is 2.67 bits per heavy atom. The Morgan fingerprint density at radius 2 is 1.89 bits per heavy atom. The molecule has 0 bridgehead atoms. The monoisotopic (exact) mass is 485 g/mol. The fourth-order valence-electron chi connectivity index (χ4n) is 3.38. The van der Waals surface area contributed by atoms with E-state index in [1.165, 1.54) is 18.4 Å². The highest BCUT2D eigenvalue weighted by Gasteiger charge is 2.27. The number of allylic oxidation sites excluding steroid dienone is 4. The Morgan fingerprint density at radius 1 is 1.07 bits per heavy atom. The number of benzene rings is 2. The molecule has 0 N–H and O–H groups in total. The zero-order chi connectivity index (χ0) is 18.8. The highest BCUT2D eigenvalue weighted by Crippen LogP contribution is 2.45. The predicted octanol–water partition coefficient (Wildman–Crippen LogP) is 7.77. The molecule has 4 heteroatoms. The molecule has 0 saturated carbocycles. The molecule has 2 nitrogen and oxygen atoms in total. The van der Waals surface area contributed by atoms with E-state index in [-0.39, 0.29) is 0 Å². The van der Waals surface area contributed by atoms with Crippen molar-refractivity contribution in [1.82, 2.24) is 0 Å². The maximum Gasteiger partial charge on any atom is 0.152 e. The van der Waals surface area contributed by atoms with Crippen LogP contribution < -0.4 is 9.64 Å². The molecule has 0 unspecified atom stereocenters. The van der Waals surface area contributed by atoms with Crippen LogP contribution in [-0.4, -0.2) is 0 Å². The molecule has 1 heterocycles. The summed E-state index contributed by atoms with van der Waals surface area (Å²) in [7, 11) is 0. The van der Waals surface area contributed by atoms with E-state index >= 15 is 0 Å². The molecule has 4 rings (SSSR count). The number of nitrogens with zero attached hydrogens (tertiary/aromatic N) is 1. The van der Waals surface area contributed by atoms with Crippen LogP contribution in [0.2, 0.25) is 0 Å². The van der Waals surface area contributed by atoms with Gasteiger partial charge in [-0.2, -0.15) is 0 Å². The second kappa shape index (κ2) is 8.07. The zero-order valence-electron chi connectivity index (χ0n) is 15.2. The SMILES string of the molecule is CCCCc1ccc(N2C3=C(C=C(Br)CC=C3)Oc3cc(Br)ccc32)cc1. The third kappa shape index (κ3) is 3.92. The van der Waals surface area contributed by atoms with E-state index in [9.17, 15) is 0 Å². The molecule has 0 aromatic heterocycles. The van der Waals surface area contributed by atoms with E-state index in [4.69, 9.17) is 4.74 Å². The molecule has 1 aliphatic carbocycles. The van der Waals surface area contributed by atoms with Gasteiger partial charge in [0.15, 0.2) is 11.5 Å². The van der Waals surface area contributed by atoms with Crippen molar-refractivity contribution < 1.29 is 4.74 Å². The van der Waals surface area contributed by atoms with E-state index < -0.39 is 0 Å². The molecule has 138 valence electrons. The number of unbranched alkanes of at least 4 members (excludes halogenated alkanes) is 1. The largest absolute Gasteiger partial charge is 0.453 e. The topological polar surface area (TPSA) is 12.5 Å². The van der Waals surface area contributed by atoms with Crippen LogP contribution in [0, 0.1) is 0 Å². The van der Waals surface area contributed by atoms with Crippen LogP contribution in [0.3, 0.4) is 0 Å². The summed E-state index contributed by atoms with van der Waals surface area (Å²) in [6.45, 7) is 2.23. The van der Waals surface area contributed by atoms with Gasteiger partial charge in [0.1, 0.15) is 0 Å². The smallest absolute Gasteiger partial charge is 0.152 e. The lowest BCUT2D eigenvalue weighted by atomic mass is 10.1. The van der Waals surface area contributed by atoms with E-state index in [0.717, 1.165) is 50.4 Å². The van der Waals surface area contributed by atoms with Gasteiger partial charge in [-0.15, -0.1) is 0 Å². The van der Waals surface area contributed by atoms with Crippen molar-refractivity contribution in [2.75, 3.05) is 4.90 Å². The summed E-state index contributed by atoms with van der Waals surface area (Å²) in [6, 6.07) is 15.1. The molecule has 2 aromatic carbocycles. The van der Waals surface area contributed by atoms with Gasteiger partial charge in [0.05, 0.1) is 11.4 Å². The number of anilines is 2. The van der Waals surface area contributed by atoms with Gasteiger partial charge in [0, 0.05) is 14.6 Å². The number of halogens is 2. The highest BCUT2D eigenvalue weighted by molar-refractivity contribution is 9.11. The minimum absolute atomic E-state index is 0.852. The number of aryl methyl sites for hydroxylation is 1. The molecule has 0 atom stereocenters. The van der Waals surface area contributed by atoms with Crippen molar-refractivity contribution in [3.05, 3.63) is 86.7 Å². The first-order chi connectivity index (χ1) is 13.2. The molecule has 0 amide bonds. The Hall–Kier alpha value is -1.78. The Labute approximate surface area is 177 Å². The quantitative estimate of drug-likeness (QED) is 0.437. The summed E-state index contributed by atoms with van der Waals surface area (Å²) in [5, 5.41) is 0. The summed E-state index contributed by atoms with van der Waals surface area (Å²) in [6.07, 6.45) is 10.8. The van der Waals surface area contributed by atoms with Gasteiger partial charge >= 0.3 is 0 Å². The van der Waals surface area contributed by atoms with Crippen LogP contribution >= 0.6 is 31.9 Å². The normalized spacial score (nSPS) is 15.7. The number of hydrogen-bond acceptors (Lipinski definition) is 2. The van der Waals surface area contributed by atoms with Crippen LogP contribution in [0.25, 0.3) is 0 Å². The summed E-state index contributed by atoms with van der Waals surface area (Å²) < 4.78 is 8.36. The number of rotatable bonds is 4. The molecule has 0 saturated heterocycles. The Bertz CT molecular complexity index is 941. The minimum atomic E-state index is 0.852. The molecular formula is C23H21Br2NO. The average Bonchev–Trinajstić information content (AvgIpc) is 2.85. The fraction of sp³-hybridized carbons (Fsp3) is 0.217. The summed E-state index contributed by atoms with van der Waals surface area (Å²) in [4.78, 5) is 2.28. The Balaban J connectivity index is 1.81. The maximum absolute atomic E-state index is 6.25. The van der Waals surface area contributed by atoms with Crippen molar-refractivity contribution >= 4 is 43.2 Å². The van der Waals surface area contributed by atoms with Crippen LogP contribution in [-0.2, 0) is 6.42 Å². The molecule has 1 aliphatic heterocycles. The summed E-state index contributed by atoms with van der Waals surface area (Å²) >= 11 is 7.19. The standard InChI is InChI=1S/C23H21Br2NO/c1-2-3-5-16-8-11-19(12-9-16)26-20-7-4-6-17(24)14-22(20)27-23-15-18(25)10-13-21(23)26/h4,7-15H,2-3,5-6H2,1H3. The second-order valence-corrected chi connectivity index (χ2v) is 8.70. The van der Waals surface area contributed by atoms with Crippen LogP contribution in [0.5, 0.6) is 5.75 Å². The fourth-order valence-corrected chi connectivity index (χ4v) is 4.12. The van der Waals surface area contributed by atoms with Crippen LogP contribution in [0.4, 0.5) is 11.4 Å². The summed E-state index contributed by atoms with van der Waals surface area (Å²) in [5.41, 5.74) is 4.64. The van der Waals surface area contributed by atoms with E-state index in [2.05, 4.69) is 98.3 Å². The predicted molar refractivity (Wildman–Crippen MR) is 120 cm³/mol. The number of ether oxygens (including phenoxy) is 1. The first-order valence-electron chi connectivity index (χ1n) is 9.29. The van der Waals surface area contributed by atoms with E-state index in [1.807, 2.05) is 6.07 Å². The van der Waals surface area contributed by atoms with Gasteiger partial charge in [-0.05, 0) is 67.3 Å². The van der Waals surface area contributed by atoms with Crippen molar-refractivity contribution in [2.24, 2.45) is 0 Å². The minimum Gasteiger partial charge on any atom is -0.453 e. The third-order valence-electron chi connectivity index (χ3n) is 4.77. The summed E-state index contributed by atoms with van der Waals surface area (Å²) in [5.74, 6) is 1.71. The van der Waals surface area contributed by atoms with E-state index in [0.29, 0.717) is 0 Å². The van der Waals surface area contributed by atoms with Gasteiger partial charge in [0.25, 0.3) is 0 Å². The first-order valence-corrected chi connectivity index (χ1v) is 10.9. The number of hydrogen-bond donors (Lipinski definition) is 0. The van der Waals surface area contributed by atoms with Crippen LogP contribution in [0.15, 0.2) is 81.1 Å². The van der Waals surface area contributed by atoms with Crippen molar-refractivity contribution in [1.29, 1.82) is 0 Å². The van der Waals surface area contributed by atoms with Gasteiger partial charge in [-0.1, -0.05) is 63.4 Å². The molecular weight excluding hydrogens is 466 g/mol. The molecule has 0 fully saturated rings. The van der Waals surface area contributed by atoms with Gasteiger partial charge in [-0.25, -0.2) is 0 Å². The number of fused-ring (bicyclic) bond motifs is 1. The lowest BCUT2D eigenvalue weighted by molar-refractivity contribution is 0.430. The first kappa shape index (κ1) is 18.6. The second-order valence-electron chi connectivity index (χ2n) is 6.77. The molecule has 2 aliphatic rings.